The van der Waals surface area contributed by atoms with E-state index in [9.17, 15) is 0 Å². The summed E-state index contributed by atoms with van der Waals surface area (Å²) in [5.41, 5.74) is 1.42. The number of nitrogens with one attached hydrogen (secondary N) is 1. The highest BCUT2D eigenvalue weighted by Gasteiger charge is 2.38. The zero-order valence-electron chi connectivity index (χ0n) is 13.3. The van der Waals surface area contributed by atoms with Gasteiger partial charge in [0, 0.05) is 18.6 Å². The minimum Gasteiger partial charge on any atom is -0.493 e. The average Bonchev–Trinajstić information content (AvgIpc) is 2.40. The van der Waals surface area contributed by atoms with Crippen LogP contribution < -0.4 is 14.8 Å². The standard InChI is InChI=1S/C16H25ClN2O2/c1-19(2)16(6-5-7-16)11-18-10-12-8-13(17)15(21-4)14(9-12)20-3/h8-9,18H,5-7,10-11H2,1-4H3. The Kier molecular flexibility index (Phi) is 5.36. The molecular formula is C16H25ClN2O2. The van der Waals surface area contributed by atoms with Crippen molar-refractivity contribution in [1.29, 1.82) is 0 Å². The summed E-state index contributed by atoms with van der Waals surface area (Å²) in [6.45, 7) is 1.77. The van der Waals surface area contributed by atoms with Gasteiger partial charge in [0.15, 0.2) is 11.5 Å². The Morgan fingerprint density at radius 3 is 2.43 bits per heavy atom. The highest BCUT2D eigenvalue weighted by atomic mass is 35.5. The van der Waals surface area contributed by atoms with Crippen molar-refractivity contribution < 1.29 is 9.47 Å². The third-order valence-electron chi connectivity index (χ3n) is 4.51. The van der Waals surface area contributed by atoms with Crippen molar-refractivity contribution in [3.8, 4) is 11.5 Å². The lowest BCUT2D eigenvalue weighted by atomic mass is 9.75. The van der Waals surface area contributed by atoms with Gasteiger partial charge in [-0.1, -0.05) is 11.6 Å². The van der Waals surface area contributed by atoms with Crippen LogP contribution in [0.4, 0.5) is 0 Å². The van der Waals surface area contributed by atoms with E-state index < -0.39 is 0 Å². The number of methoxy groups -OCH3 is 2. The minimum absolute atomic E-state index is 0.320. The van der Waals surface area contributed by atoms with Crippen LogP contribution in [0.2, 0.25) is 5.02 Å². The van der Waals surface area contributed by atoms with Crippen molar-refractivity contribution in [3.05, 3.63) is 22.7 Å². The molecule has 0 aromatic heterocycles. The third kappa shape index (κ3) is 3.44. The molecule has 0 amide bonds. The fraction of sp³-hybridized carbons (Fsp3) is 0.625. The molecule has 0 bridgehead atoms. The van der Waals surface area contributed by atoms with E-state index in [1.54, 1.807) is 14.2 Å². The fourth-order valence-corrected chi connectivity index (χ4v) is 3.19. The first-order valence-corrected chi connectivity index (χ1v) is 7.69. The molecule has 21 heavy (non-hydrogen) atoms. The molecule has 0 saturated heterocycles. The van der Waals surface area contributed by atoms with E-state index in [1.165, 1.54) is 19.3 Å². The predicted molar refractivity (Wildman–Crippen MR) is 86.5 cm³/mol. The van der Waals surface area contributed by atoms with Crippen molar-refractivity contribution in [1.82, 2.24) is 10.2 Å². The summed E-state index contributed by atoms with van der Waals surface area (Å²) < 4.78 is 10.6. The molecule has 4 nitrogen and oxygen atoms in total. The Labute approximate surface area is 132 Å². The first kappa shape index (κ1) is 16.4. The molecule has 1 aliphatic carbocycles. The molecule has 0 radical (unpaired) electrons. The zero-order valence-corrected chi connectivity index (χ0v) is 14.1. The molecule has 0 atom stereocenters. The summed E-state index contributed by atoms with van der Waals surface area (Å²) >= 11 is 6.23. The van der Waals surface area contributed by atoms with E-state index >= 15 is 0 Å². The van der Waals surface area contributed by atoms with Crippen LogP contribution in [-0.2, 0) is 6.54 Å². The Morgan fingerprint density at radius 2 is 1.95 bits per heavy atom. The zero-order chi connectivity index (χ0) is 15.5. The number of hydrogen-bond donors (Lipinski definition) is 1. The topological polar surface area (TPSA) is 33.7 Å². The van der Waals surface area contributed by atoms with Crippen molar-refractivity contribution >= 4 is 11.6 Å². The first-order valence-electron chi connectivity index (χ1n) is 7.31. The highest BCUT2D eigenvalue weighted by Crippen LogP contribution is 2.37. The molecule has 0 unspecified atom stereocenters. The van der Waals surface area contributed by atoms with Gasteiger partial charge in [-0.05, 0) is 51.1 Å². The maximum absolute atomic E-state index is 6.23. The normalized spacial score (nSPS) is 16.7. The average molecular weight is 313 g/mol. The summed E-state index contributed by atoms with van der Waals surface area (Å²) in [4.78, 5) is 2.34. The Hall–Kier alpha value is -0.970. The van der Waals surface area contributed by atoms with Crippen molar-refractivity contribution in [2.75, 3.05) is 34.9 Å². The Bertz CT molecular complexity index is 487. The second kappa shape index (κ2) is 6.86. The summed E-state index contributed by atoms with van der Waals surface area (Å²) in [6.07, 6.45) is 3.85. The molecule has 1 aliphatic rings. The van der Waals surface area contributed by atoms with Gasteiger partial charge in [0.1, 0.15) is 0 Å². The van der Waals surface area contributed by atoms with Crippen LogP contribution in [0, 0.1) is 0 Å². The Balaban J connectivity index is 1.99. The van der Waals surface area contributed by atoms with Crippen LogP contribution >= 0.6 is 11.6 Å². The third-order valence-corrected chi connectivity index (χ3v) is 4.79. The number of nitrogens with zero attached hydrogens (tertiary/aromatic N) is 1. The second-order valence-electron chi connectivity index (χ2n) is 5.89. The van der Waals surface area contributed by atoms with Crippen molar-refractivity contribution in [2.45, 2.75) is 31.3 Å². The van der Waals surface area contributed by atoms with Crippen molar-refractivity contribution in [2.24, 2.45) is 0 Å². The molecule has 2 rings (SSSR count). The van der Waals surface area contributed by atoms with Gasteiger partial charge in [-0.25, -0.2) is 0 Å². The molecule has 1 fully saturated rings. The first-order chi connectivity index (χ1) is 10.0. The molecule has 0 heterocycles. The van der Waals surface area contributed by atoms with Crippen LogP contribution in [0.3, 0.4) is 0 Å². The van der Waals surface area contributed by atoms with E-state index in [2.05, 4.69) is 24.3 Å². The quantitative estimate of drug-likeness (QED) is 0.839. The van der Waals surface area contributed by atoms with Gasteiger partial charge < -0.3 is 19.7 Å². The molecule has 1 aromatic carbocycles. The van der Waals surface area contributed by atoms with Gasteiger partial charge in [0.2, 0.25) is 0 Å². The molecule has 0 aliphatic heterocycles. The van der Waals surface area contributed by atoms with Crippen LogP contribution in [0.25, 0.3) is 0 Å². The number of benzene rings is 1. The fourth-order valence-electron chi connectivity index (χ4n) is 2.88. The lowest BCUT2D eigenvalue weighted by molar-refractivity contribution is 0.0598. The maximum atomic E-state index is 6.23. The largest absolute Gasteiger partial charge is 0.493 e. The van der Waals surface area contributed by atoms with E-state index in [4.69, 9.17) is 21.1 Å². The van der Waals surface area contributed by atoms with Crippen LogP contribution in [0.15, 0.2) is 12.1 Å². The number of hydrogen-bond acceptors (Lipinski definition) is 4. The molecule has 1 saturated carbocycles. The predicted octanol–water partition coefficient (Wildman–Crippen LogP) is 2.93. The smallest absolute Gasteiger partial charge is 0.179 e. The summed E-state index contributed by atoms with van der Waals surface area (Å²) in [7, 11) is 7.54. The SMILES string of the molecule is COc1cc(CNCC2(N(C)C)CCC2)cc(Cl)c1OC. The maximum Gasteiger partial charge on any atom is 0.179 e. The van der Waals surface area contributed by atoms with Gasteiger partial charge in [-0.3, -0.25) is 0 Å². The lowest BCUT2D eigenvalue weighted by Gasteiger charge is -2.47. The summed E-state index contributed by atoms with van der Waals surface area (Å²) in [6, 6.07) is 3.90. The van der Waals surface area contributed by atoms with Crippen LogP contribution in [0.5, 0.6) is 11.5 Å². The number of halogens is 1. The summed E-state index contributed by atoms with van der Waals surface area (Å²) in [5, 5.41) is 4.13. The number of rotatable bonds is 7. The van der Waals surface area contributed by atoms with Crippen molar-refractivity contribution in [3.63, 3.8) is 0 Å². The van der Waals surface area contributed by atoms with Gasteiger partial charge in [-0.2, -0.15) is 0 Å². The Morgan fingerprint density at radius 1 is 1.24 bits per heavy atom. The lowest BCUT2D eigenvalue weighted by Crippen LogP contribution is -2.56. The van der Waals surface area contributed by atoms with Crippen LogP contribution in [0.1, 0.15) is 24.8 Å². The van der Waals surface area contributed by atoms with E-state index in [1.807, 2.05) is 12.1 Å². The second-order valence-corrected chi connectivity index (χ2v) is 6.30. The molecule has 118 valence electrons. The molecular weight excluding hydrogens is 288 g/mol. The number of likely N-dealkylation sites (N-methyl/N-ethyl adjacent to an activating group) is 1. The van der Waals surface area contributed by atoms with Gasteiger partial charge in [0.05, 0.1) is 19.2 Å². The van der Waals surface area contributed by atoms with Gasteiger partial charge in [0.25, 0.3) is 0 Å². The molecule has 1 aromatic rings. The van der Waals surface area contributed by atoms with E-state index in [0.717, 1.165) is 18.7 Å². The van der Waals surface area contributed by atoms with E-state index in [0.29, 0.717) is 22.1 Å². The molecule has 5 heteroatoms. The van der Waals surface area contributed by atoms with E-state index in [-0.39, 0.29) is 0 Å². The van der Waals surface area contributed by atoms with Gasteiger partial charge >= 0.3 is 0 Å². The molecule has 1 N–H and O–H groups in total. The molecule has 0 spiro atoms. The highest BCUT2D eigenvalue weighted by molar-refractivity contribution is 6.32. The summed E-state index contributed by atoms with van der Waals surface area (Å²) in [5.74, 6) is 1.26. The van der Waals surface area contributed by atoms with Crippen LogP contribution in [-0.4, -0.2) is 45.3 Å². The number of ether oxygens (including phenoxy) is 2. The minimum atomic E-state index is 0.320. The monoisotopic (exact) mass is 312 g/mol. The van der Waals surface area contributed by atoms with Gasteiger partial charge in [-0.15, -0.1) is 0 Å².